The van der Waals surface area contributed by atoms with Crippen LogP contribution in [0.25, 0.3) is 0 Å². The lowest BCUT2D eigenvalue weighted by Gasteiger charge is -2.27. The second-order valence-corrected chi connectivity index (χ2v) is 5.24. The molecule has 3 nitrogen and oxygen atoms in total. The molecule has 1 heterocycles. The molecule has 1 aliphatic heterocycles. The topological polar surface area (TPSA) is 32.3 Å². The highest BCUT2D eigenvalue weighted by Gasteiger charge is 2.18. The number of hydrogen-bond acceptors (Lipinski definition) is 2. The van der Waals surface area contributed by atoms with Gasteiger partial charge in [-0.3, -0.25) is 4.79 Å². The van der Waals surface area contributed by atoms with E-state index in [-0.39, 0.29) is 11.8 Å². The average Bonchev–Trinajstić information content (AvgIpc) is 2.47. The Morgan fingerprint density at radius 3 is 2.75 bits per heavy atom. The van der Waals surface area contributed by atoms with Crippen LogP contribution in [0.2, 0.25) is 0 Å². The van der Waals surface area contributed by atoms with Crippen LogP contribution in [-0.4, -0.2) is 37.0 Å². The number of piperazine rings is 1. The van der Waals surface area contributed by atoms with Gasteiger partial charge in [0.1, 0.15) is 11.6 Å². The summed E-state index contributed by atoms with van der Waals surface area (Å²) in [5, 5.41) is 3.19. The minimum atomic E-state index is -0.443. The molecule has 0 aromatic heterocycles. The summed E-state index contributed by atoms with van der Waals surface area (Å²) in [5.74, 6) is -0.928. The van der Waals surface area contributed by atoms with E-state index in [9.17, 15) is 13.6 Å². The molecule has 1 aliphatic rings. The van der Waals surface area contributed by atoms with Crippen molar-refractivity contribution in [2.45, 2.75) is 25.7 Å². The van der Waals surface area contributed by atoms with Crippen molar-refractivity contribution in [3.63, 3.8) is 0 Å². The third-order valence-corrected chi connectivity index (χ3v) is 3.75. The van der Waals surface area contributed by atoms with Crippen LogP contribution in [0, 0.1) is 11.6 Å². The third kappa shape index (κ3) is 3.76. The van der Waals surface area contributed by atoms with Gasteiger partial charge in [0.25, 0.3) is 0 Å². The molecule has 20 heavy (non-hydrogen) atoms. The zero-order valence-corrected chi connectivity index (χ0v) is 11.7. The molecule has 1 aromatic carbocycles. The van der Waals surface area contributed by atoms with Gasteiger partial charge in [-0.05, 0) is 36.1 Å². The van der Waals surface area contributed by atoms with E-state index < -0.39 is 11.6 Å². The predicted molar refractivity (Wildman–Crippen MR) is 73.5 cm³/mol. The largest absolute Gasteiger partial charge is 0.340 e. The van der Waals surface area contributed by atoms with Crippen LogP contribution < -0.4 is 5.32 Å². The zero-order valence-electron chi connectivity index (χ0n) is 11.7. The van der Waals surface area contributed by atoms with E-state index in [4.69, 9.17) is 0 Å². The summed E-state index contributed by atoms with van der Waals surface area (Å²) >= 11 is 0. The summed E-state index contributed by atoms with van der Waals surface area (Å²) in [6, 6.07) is 3.46. The van der Waals surface area contributed by atoms with Crippen molar-refractivity contribution >= 4 is 5.91 Å². The third-order valence-electron chi connectivity index (χ3n) is 3.75. The Morgan fingerprint density at radius 1 is 1.35 bits per heavy atom. The van der Waals surface area contributed by atoms with E-state index >= 15 is 0 Å². The summed E-state index contributed by atoms with van der Waals surface area (Å²) in [6.45, 7) is 4.91. The highest BCUT2D eigenvalue weighted by atomic mass is 19.1. The van der Waals surface area contributed by atoms with E-state index in [1.165, 1.54) is 6.07 Å². The van der Waals surface area contributed by atoms with Crippen LogP contribution >= 0.6 is 0 Å². The van der Waals surface area contributed by atoms with Crippen molar-refractivity contribution < 1.29 is 13.6 Å². The smallest absolute Gasteiger partial charge is 0.222 e. The van der Waals surface area contributed by atoms with Crippen LogP contribution in [-0.2, 0) is 4.79 Å². The lowest BCUT2D eigenvalue weighted by Crippen LogP contribution is -2.46. The van der Waals surface area contributed by atoms with E-state index in [1.807, 2.05) is 11.8 Å². The normalized spacial score (nSPS) is 17.1. The van der Waals surface area contributed by atoms with E-state index in [1.54, 1.807) is 0 Å². The summed E-state index contributed by atoms with van der Waals surface area (Å²) in [4.78, 5) is 13.8. The molecule has 0 radical (unpaired) electrons. The van der Waals surface area contributed by atoms with Gasteiger partial charge in [-0.2, -0.15) is 0 Å². The molecule has 5 heteroatoms. The van der Waals surface area contributed by atoms with Crippen molar-refractivity contribution in [1.29, 1.82) is 0 Å². The first-order valence-electron chi connectivity index (χ1n) is 7.01. The van der Waals surface area contributed by atoms with E-state index in [0.29, 0.717) is 18.4 Å². The Kier molecular flexibility index (Phi) is 5.06. The average molecular weight is 282 g/mol. The quantitative estimate of drug-likeness (QED) is 0.919. The molecule has 1 aromatic rings. The van der Waals surface area contributed by atoms with Crippen molar-refractivity contribution in [2.75, 3.05) is 26.2 Å². The number of carbonyl (C=O) groups is 1. The minimum Gasteiger partial charge on any atom is -0.340 e. The molecule has 1 saturated heterocycles. The van der Waals surface area contributed by atoms with E-state index in [0.717, 1.165) is 38.3 Å². The molecule has 1 N–H and O–H groups in total. The molecule has 0 spiro atoms. The Morgan fingerprint density at radius 2 is 2.05 bits per heavy atom. The maximum Gasteiger partial charge on any atom is 0.222 e. The van der Waals surface area contributed by atoms with Crippen molar-refractivity contribution in [2.24, 2.45) is 0 Å². The maximum atomic E-state index is 13.6. The molecule has 1 unspecified atom stereocenters. The maximum absolute atomic E-state index is 13.6. The number of benzene rings is 1. The summed E-state index contributed by atoms with van der Waals surface area (Å²) < 4.78 is 26.8. The van der Waals surface area contributed by atoms with Gasteiger partial charge in [-0.25, -0.2) is 8.78 Å². The second kappa shape index (κ2) is 6.79. The standard InChI is InChI=1S/C15H20F2N2O/c1-11(13-10-12(16)3-4-14(13)17)2-5-15(20)19-8-6-18-7-9-19/h3-4,10-11,18H,2,5-9H2,1H3. The van der Waals surface area contributed by atoms with Crippen molar-refractivity contribution in [1.82, 2.24) is 10.2 Å². The number of nitrogens with zero attached hydrogens (tertiary/aromatic N) is 1. The second-order valence-electron chi connectivity index (χ2n) is 5.24. The number of rotatable bonds is 4. The number of halogens is 2. The lowest BCUT2D eigenvalue weighted by molar-refractivity contribution is -0.131. The Hall–Kier alpha value is -1.49. The molecule has 1 amide bonds. The first-order chi connectivity index (χ1) is 9.58. The lowest BCUT2D eigenvalue weighted by atomic mass is 9.95. The molecule has 110 valence electrons. The van der Waals surface area contributed by atoms with Gasteiger partial charge in [0.2, 0.25) is 5.91 Å². The number of carbonyl (C=O) groups excluding carboxylic acids is 1. The van der Waals surface area contributed by atoms with Crippen LogP contribution in [0.3, 0.4) is 0 Å². The van der Waals surface area contributed by atoms with Gasteiger partial charge in [0, 0.05) is 32.6 Å². The van der Waals surface area contributed by atoms with Gasteiger partial charge in [-0.1, -0.05) is 6.92 Å². The molecular weight excluding hydrogens is 262 g/mol. The van der Waals surface area contributed by atoms with Gasteiger partial charge >= 0.3 is 0 Å². The van der Waals surface area contributed by atoms with Crippen molar-refractivity contribution in [3.05, 3.63) is 35.4 Å². The van der Waals surface area contributed by atoms with Crippen LogP contribution in [0.1, 0.15) is 31.2 Å². The van der Waals surface area contributed by atoms with Gasteiger partial charge in [0.05, 0.1) is 0 Å². The van der Waals surface area contributed by atoms with Crippen LogP contribution in [0.4, 0.5) is 8.78 Å². The Bertz CT molecular complexity index is 473. The van der Waals surface area contributed by atoms with Crippen LogP contribution in [0.5, 0.6) is 0 Å². The fourth-order valence-electron chi connectivity index (χ4n) is 2.46. The molecular formula is C15H20F2N2O. The molecule has 0 bridgehead atoms. The zero-order chi connectivity index (χ0) is 14.5. The first-order valence-corrected chi connectivity index (χ1v) is 7.01. The molecule has 2 rings (SSSR count). The van der Waals surface area contributed by atoms with Crippen molar-refractivity contribution in [3.8, 4) is 0 Å². The van der Waals surface area contributed by atoms with Gasteiger partial charge in [-0.15, -0.1) is 0 Å². The van der Waals surface area contributed by atoms with Gasteiger partial charge < -0.3 is 10.2 Å². The minimum absolute atomic E-state index is 0.0927. The summed E-state index contributed by atoms with van der Waals surface area (Å²) in [6.07, 6.45) is 0.903. The monoisotopic (exact) mass is 282 g/mol. The Balaban J connectivity index is 1.89. The first kappa shape index (κ1) is 14.9. The molecule has 0 aliphatic carbocycles. The Labute approximate surface area is 118 Å². The predicted octanol–water partition coefficient (Wildman–Crippen LogP) is 2.28. The molecule has 0 saturated carbocycles. The highest BCUT2D eigenvalue weighted by Crippen LogP contribution is 2.24. The molecule has 1 atom stereocenters. The molecule has 1 fully saturated rings. The summed E-state index contributed by atoms with van der Waals surface area (Å²) in [5.41, 5.74) is 0.345. The van der Waals surface area contributed by atoms with Crippen LogP contribution in [0.15, 0.2) is 18.2 Å². The fourth-order valence-corrected chi connectivity index (χ4v) is 2.46. The number of amides is 1. The number of nitrogens with one attached hydrogen (secondary N) is 1. The van der Waals surface area contributed by atoms with Gasteiger partial charge in [0.15, 0.2) is 0 Å². The van der Waals surface area contributed by atoms with E-state index in [2.05, 4.69) is 5.32 Å². The highest BCUT2D eigenvalue weighted by molar-refractivity contribution is 5.76. The number of hydrogen-bond donors (Lipinski definition) is 1. The summed E-state index contributed by atoms with van der Waals surface area (Å²) in [7, 11) is 0. The fraction of sp³-hybridized carbons (Fsp3) is 0.533. The SMILES string of the molecule is CC(CCC(=O)N1CCNCC1)c1cc(F)ccc1F.